The lowest BCUT2D eigenvalue weighted by Crippen LogP contribution is -2.59. The maximum Gasteiger partial charge on any atom is 0.381 e. The van der Waals surface area contributed by atoms with Crippen molar-refractivity contribution >= 4 is 17.6 Å². The largest absolute Gasteiger partial charge is 0.455 e. The van der Waals surface area contributed by atoms with Crippen LogP contribution in [0.15, 0.2) is 11.6 Å². The summed E-state index contributed by atoms with van der Waals surface area (Å²) in [5, 5.41) is -0.986. The maximum absolute atomic E-state index is 12.8. The van der Waals surface area contributed by atoms with Crippen molar-refractivity contribution in [3.8, 4) is 0 Å². The molecule has 11 heteroatoms. The lowest BCUT2D eigenvalue weighted by atomic mass is 10.1. The van der Waals surface area contributed by atoms with Crippen LogP contribution < -0.4 is 0 Å². The Bertz CT molecular complexity index is 368. The second-order valence-corrected chi connectivity index (χ2v) is 3.64. The zero-order valence-electron chi connectivity index (χ0n) is 8.71. The summed E-state index contributed by atoms with van der Waals surface area (Å²) in [4.78, 5) is 10.5. The molecule has 0 unspecified atom stereocenters. The van der Waals surface area contributed by atoms with Gasteiger partial charge in [-0.15, -0.1) is 0 Å². The Morgan fingerprint density at radius 3 is 1.89 bits per heavy atom. The molecule has 0 radical (unpaired) electrons. The average Bonchev–Trinajstić information content (AvgIpc) is 2.24. The molecule has 19 heavy (non-hydrogen) atoms. The van der Waals surface area contributed by atoms with Crippen LogP contribution in [0.3, 0.4) is 0 Å². The molecule has 0 fully saturated rings. The molecule has 0 spiro atoms. The van der Waals surface area contributed by atoms with Crippen LogP contribution in [0.4, 0.5) is 35.1 Å². The minimum absolute atomic E-state index is 0.986. The number of alkyl halides is 8. The number of rotatable bonds is 6. The maximum atomic E-state index is 12.8. The van der Waals surface area contributed by atoms with Crippen molar-refractivity contribution in [3.05, 3.63) is 11.6 Å². The predicted molar refractivity (Wildman–Crippen MR) is 46.8 cm³/mol. The van der Waals surface area contributed by atoms with Gasteiger partial charge in [0.25, 0.3) is 0 Å². The van der Waals surface area contributed by atoms with Gasteiger partial charge < -0.3 is 4.74 Å². The fourth-order valence-corrected chi connectivity index (χ4v) is 0.761. The lowest BCUT2D eigenvalue weighted by molar-refractivity contribution is -0.344. The third-order valence-corrected chi connectivity index (χ3v) is 1.91. The molecule has 0 aliphatic carbocycles. The third-order valence-electron chi connectivity index (χ3n) is 1.76. The molecule has 0 bridgehead atoms. The van der Waals surface area contributed by atoms with Gasteiger partial charge in [-0.1, -0.05) is 18.2 Å². The first-order chi connectivity index (χ1) is 8.27. The number of carbonyl (C=O) groups is 1. The zero-order valence-corrected chi connectivity index (χ0v) is 9.47. The van der Waals surface area contributed by atoms with Crippen LogP contribution in [-0.2, 0) is 9.53 Å². The smallest absolute Gasteiger partial charge is 0.381 e. The van der Waals surface area contributed by atoms with Crippen LogP contribution in [0, 0.1) is 0 Å². The third kappa shape index (κ3) is 3.48. The summed E-state index contributed by atoms with van der Waals surface area (Å²) >= 11 is 4.84. The highest BCUT2D eigenvalue weighted by Gasteiger charge is 2.75. The number of hydrogen-bond donors (Lipinski definition) is 0. The van der Waals surface area contributed by atoms with Gasteiger partial charge in [0.2, 0.25) is 0 Å². The number of hydrogen-bond acceptors (Lipinski definition) is 2. The topological polar surface area (TPSA) is 26.3 Å². The lowest BCUT2D eigenvalue weighted by Gasteiger charge is -2.31. The summed E-state index contributed by atoms with van der Waals surface area (Å²) in [6, 6.07) is 0. The van der Waals surface area contributed by atoms with Crippen molar-refractivity contribution in [1.82, 2.24) is 0 Å². The SMILES string of the molecule is C=C(Cl)C(=O)OCC(F)(F)C(F)(F)C(F)(F)C(F)F. The molecule has 112 valence electrons. The van der Waals surface area contributed by atoms with E-state index in [1.807, 2.05) is 0 Å². The normalized spacial score (nSPS) is 13.6. The van der Waals surface area contributed by atoms with E-state index in [1.54, 1.807) is 0 Å². The first-order valence-electron chi connectivity index (χ1n) is 4.20. The van der Waals surface area contributed by atoms with Gasteiger partial charge in [0.1, 0.15) is 5.03 Å². The van der Waals surface area contributed by atoms with Crippen LogP contribution in [-0.4, -0.2) is 36.8 Å². The predicted octanol–water partition coefficient (Wildman–Crippen LogP) is 3.45. The second-order valence-electron chi connectivity index (χ2n) is 3.18. The number of halogens is 9. The standard InChI is InChI=1S/C8H5ClF8O2/c1-3(9)4(18)19-2-6(12,13)8(16,17)7(14,15)5(10)11/h5H,1-2H2. The van der Waals surface area contributed by atoms with Crippen LogP contribution in [0.5, 0.6) is 0 Å². The fraction of sp³-hybridized carbons (Fsp3) is 0.625. The van der Waals surface area contributed by atoms with Crippen molar-refractivity contribution in [2.24, 2.45) is 0 Å². The van der Waals surface area contributed by atoms with E-state index in [1.165, 1.54) is 0 Å². The van der Waals surface area contributed by atoms with Gasteiger partial charge in [-0.05, 0) is 0 Å². The summed E-state index contributed by atoms with van der Waals surface area (Å²) in [6.45, 7) is 0.123. The number of ether oxygens (including phenoxy) is 1. The van der Waals surface area contributed by atoms with E-state index in [-0.39, 0.29) is 0 Å². The van der Waals surface area contributed by atoms with Crippen molar-refractivity contribution in [1.29, 1.82) is 0 Å². The summed E-state index contributed by atoms with van der Waals surface area (Å²) in [5.41, 5.74) is 0. The fourth-order valence-electron chi connectivity index (χ4n) is 0.706. The first kappa shape index (κ1) is 17.9. The summed E-state index contributed by atoms with van der Waals surface area (Å²) < 4.78 is 102. The van der Waals surface area contributed by atoms with Gasteiger partial charge in [0, 0.05) is 0 Å². The van der Waals surface area contributed by atoms with Gasteiger partial charge >= 0.3 is 30.2 Å². The molecule has 0 aromatic rings. The van der Waals surface area contributed by atoms with E-state index in [0.29, 0.717) is 0 Å². The van der Waals surface area contributed by atoms with E-state index in [0.717, 1.165) is 0 Å². The summed E-state index contributed by atoms with van der Waals surface area (Å²) in [6.07, 6.45) is -5.04. The Balaban J connectivity index is 5.08. The minimum atomic E-state index is -6.43. The highest BCUT2D eigenvalue weighted by atomic mass is 35.5. The van der Waals surface area contributed by atoms with Crippen molar-refractivity contribution < 1.29 is 44.7 Å². The molecular weight excluding hydrogens is 316 g/mol. The van der Waals surface area contributed by atoms with E-state index < -0.39 is 41.8 Å². The van der Waals surface area contributed by atoms with Crippen LogP contribution in [0.25, 0.3) is 0 Å². The molecular formula is C8H5ClF8O2. The Labute approximate surface area is 106 Å². The van der Waals surface area contributed by atoms with Gasteiger partial charge in [0.15, 0.2) is 6.61 Å². The highest BCUT2D eigenvalue weighted by molar-refractivity contribution is 6.40. The van der Waals surface area contributed by atoms with Crippen LogP contribution in [0.1, 0.15) is 0 Å². The van der Waals surface area contributed by atoms with E-state index >= 15 is 0 Å². The molecule has 0 aromatic heterocycles. The second kappa shape index (κ2) is 5.51. The van der Waals surface area contributed by atoms with Crippen molar-refractivity contribution in [2.75, 3.05) is 6.61 Å². The molecule has 2 nitrogen and oxygen atoms in total. The Hall–Kier alpha value is -1.06. The Kier molecular flexibility index (Phi) is 5.21. The molecule has 0 aliphatic heterocycles. The Morgan fingerprint density at radius 2 is 1.58 bits per heavy atom. The first-order valence-corrected chi connectivity index (χ1v) is 4.58. The Morgan fingerprint density at radius 1 is 1.16 bits per heavy atom. The molecule has 0 aromatic carbocycles. The molecule has 0 amide bonds. The highest BCUT2D eigenvalue weighted by Crippen LogP contribution is 2.48. The number of carbonyl (C=O) groups excluding carboxylic acids is 1. The van der Waals surface area contributed by atoms with Gasteiger partial charge in [0.05, 0.1) is 0 Å². The monoisotopic (exact) mass is 320 g/mol. The summed E-state index contributed by atoms with van der Waals surface area (Å²) in [5.74, 6) is -20.2. The van der Waals surface area contributed by atoms with Gasteiger partial charge in [-0.3, -0.25) is 0 Å². The van der Waals surface area contributed by atoms with E-state index in [9.17, 15) is 39.9 Å². The quantitative estimate of drug-likeness (QED) is 0.426. The number of esters is 1. The van der Waals surface area contributed by atoms with Crippen molar-refractivity contribution in [3.63, 3.8) is 0 Å². The molecule has 0 atom stereocenters. The minimum Gasteiger partial charge on any atom is -0.455 e. The molecule has 0 saturated heterocycles. The van der Waals surface area contributed by atoms with E-state index in [4.69, 9.17) is 11.6 Å². The van der Waals surface area contributed by atoms with Crippen molar-refractivity contribution in [2.45, 2.75) is 24.2 Å². The molecule has 0 aliphatic rings. The zero-order chi connectivity index (χ0) is 15.6. The average molecular weight is 321 g/mol. The van der Waals surface area contributed by atoms with Gasteiger partial charge in [-0.2, -0.15) is 26.3 Å². The summed E-state index contributed by atoms with van der Waals surface area (Å²) in [7, 11) is 0. The van der Waals surface area contributed by atoms with E-state index in [2.05, 4.69) is 11.3 Å². The molecule has 0 heterocycles. The van der Waals surface area contributed by atoms with Crippen LogP contribution >= 0.6 is 11.6 Å². The van der Waals surface area contributed by atoms with Crippen LogP contribution in [0.2, 0.25) is 0 Å². The van der Waals surface area contributed by atoms with Gasteiger partial charge in [-0.25, -0.2) is 13.6 Å². The molecule has 0 saturated carbocycles. The molecule has 0 N–H and O–H groups in total. The molecule has 0 rings (SSSR count).